The molecule has 2 heterocycles. The molecule has 0 saturated carbocycles. The first-order valence-electron chi connectivity index (χ1n) is 5.83. The number of carbonyl (C=O) groups is 1. The first kappa shape index (κ1) is 11.8. The molecule has 0 amide bonds. The molecule has 0 radical (unpaired) electrons. The first-order valence-corrected chi connectivity index (χ1v) is 5.83. The lowest BCUT2D eigenvalue weighted by Gasteiger charge is -2.30. The van der Waals surface area contributed by atoms with Gasteiger partial charge in [0.2, 0.25) is 12.1 Å². The molecule has 0 bridgehead atoms. The molecule has 2 unspecified atom stereocenters. The Hall–Kier alpha value is -1.27. The van der Waals surface area contributed by atoms with E-state index in [0.717, 1.165) is 5.56 Å². The average molecular weight is 250 g/mol. The maximum absolute atomic E-state index is 11.9. The Morgan fingerprint density at radius 3 is 2.72 bits per heavy atom. The molecule has 96 valence electrons. The van der Waals surface area contributed by atoms with Crippen LogP contribution in [0.3, 0.4) is 0 Å². The van der Waals surface area contributed by atoms with Gasteiger partial charge in [-0.25, -0.2) is 0 Å². The van der Waals surface area contributed by atoms with Crippen molar-refractivity contribution in [3.63, 3.8) is 0 Å². The highest BCUT2D eigenvalue weighted by Gasteiger charge is 2.48. The Morgan fingerprint density at radius 2 is 2.00 bits per heavy atom. The van der Waals surface area contributed by atoms with Crippen LogP contribution in [0.4, 0.5) is 0 Å². The summed E-state index contributed by atoms with van der Waals surface area (Å²) in [6.07, 6.45) is -2.33. The van der Waals surface area contributed by atoms with Crippen molar-refractivity contribution < 1.29 is 23.7 Å². The lowest BCUT2D eigenvalue weighted by molar-refractivity contribution is -0.248. The zero-order chi connectivity index (χ0) is 12.5. The number of carbonyl (C=O) groups excluding carboxylic acids is 1. The molecule has 2 saturated heterocycles. The van der Waals surface area contributed by atoms with Crippen molar-refractivity contribution in [1.82, 2.24) is 0 Å². The van der Waals surface area contributed by atoms with Gasteiger partial charge in [0.05, 0.1) is 6.61 Å². The van der Waals surface area contributed by atoms with Crippen molar-refractivity contribution in [2.24, 2.45) is 0 Å². The van der Waals surface area contributed by atoms with E-state index in [-0.39, 0.29) is 11.9 Å². The van der Waals surface area contributed by atoms with Crippen molar-refractivity contribution in [2.45, 2.75) is 24.8 Å². The summed E-state index contributed by atoms with van der Waals surface area (Å²) in [6, 6.07) is 9.52. The normalized spacial score (nSPS) is 35.5. The highest BCUT2D eigenvalue weighted by atomic mass is 16.8. The van der Waals surface area contributed by atoms with Crippen LogP contribution in [0.5, 0.6) is 0 Å². The number of benzene rings is 1. The maximum Gasteiger partial charge on any atom is 0.220 e. The molecule has 0 spiro atoms. The fourth-order valence-electron chi connectivity index (χ4n) is 2.21. The molecule has 0 N–H and O–H groups in total. The number of fused-ring (bicyclic) bond motifs is 1. The van der Waals surface area contributed by atoms with Crippen LogP contribution in [0.2, 0.25) is 0 Å². The first-order chi connectivity index (χ1) is 8.79. The van der Waals surface area contributed by atoms with E-state index in [0.29, 0.717) is 6.61 Å². The fourth-order valence-corrected chi connectivity index (χ4v) is 2.21. The molecule has 0 aliphatic carbocycles. The third-order valence-electron chi connectivity index (χ3n) is 3.12. The Morgan fingerprint density at radius 1 is 1.22 bits per heavy atom. The number of hydrogen-bond donors (Lipinski definition) is 0. The molecule has 2 aliphatic rings. The minimum Gasteiger partial charge on any atom is -0.349 e. The van der Waals surface area contributed by atoms with Crippen LogP contribution in [0.15, 0.2) is 30.3 Å². The number of hydrogen-bond acceptors (Lipinski definition) is 5. The second kappa shape index (κ2) is 4.78. The zero-order valence-electron chi connectivity index (χ0n) is 9.94. The van der Waals surface area contributed by atoms with Gasteiger partial charge in [-0.2, -0.15) is 0 Å². The highest BCUT2D eigenvalue weighted by molar-refractivity contribution is 5.88. The summed E-state index contributed by atoms with van der Waals surface area (Å²) in [5, 5.41) is 0. The standard InChI is InChI=1S/C13H14O5/c1-15-13-10(14)11-9(17-13)7-16-12(18-11)8-5-3-2-4-6-8/h2-6,9,11-13H,7H2,1H3/t9?,11?,12-,13-/m0/s1. The largest absolute Gasteiger partial charge is 0.349 e. The Bertz CT molecular complexity index is 432. The Labute approximate surface area is 105 Å². The summed E-state index contributed by atoms with van der Waals surface area (Å²) in [5.74, 6) is -0.174. The number of Topliss-reactive ketones (excluding diaryl/α,β-unsaturated/α-hetero) is 1. The molecule has 0 aromatic heterocycles. The molecular weight excluding hydrogens is 236 g/mol. The maximum atomic E-state index is 11.9. The summed E-state index contributed by atoms with van der Waals surface area (Å²) in [7, 11) is 1.44. The molecule has 4 atom stereocenters. The van der Waals surface area contributed by atoms with Gasteiger partial charge in [0, 0.05) is 12.7 Å². The van der Waals surface area contributed by atoms with Gasteiger partial charge in [0.1, 0.15) is 6.10 Å². The van der Waals surface area contributed by atoms with Crippen LogP contribution in [-0.4, -0.2) is 38.0 Å². The lowest BCUT2D eigenvalue weighted by Crippen LogP contribution is -2.40. The zero-order valence-corrected chi connectivity index (χ0v) is 9.94. The van der Waals surface area contributed by atoms with Crippen molar-refractivity contribution in [3.05, 3.63) is 35.9 Å². The molecule has 2 aliphatic heterocycles. The predicted octanol–water partition coefficient (Wildman–Crippen LogP) is 1.04. The van der Waals surface area contributed by atoms with Gasteiger partial charge < -0.3 is 18.9 Å². The Balaban J connectivity index is 1.75. The lowest BCUT2D eigenvalue weighted by atomic mass is 10.1. The van der Waals surface area contributed by atoms with Crippen LogP contribution in [0.25, 0.3) is 0 Å². The van der Waals surface area contributed by atoms with Crippen LogP contribution < -0.4 is 0 Å². The topological polar surface area (TPSA) is 54.0 Å². The summed E-state index contributed by atoms with van der Waals surface area (Å²) >= 11 is 0. The quantitative estimate of drug-likeness (QED) is 0.785. The van der Waals surface area contributed by atoms with Gasteiger partial charge in [-0.3, -0.25) is 4.79 Å². The van der Waals surface area contributed by atoms with Crippen LogP contribution >= 0.6 is 0 Å². The van der Waals surface area contributed by atoms with Crippen LogP contribution in [-0.2, 0) is 23.7 Å². The SMILES string of the molecule is CO[C@H]1OC2CO[C@H](c3ccccc3)OC2C1=O. The van der Waals surface area contributed by atoms with Crippen molar-refractivity contribution in [1.29, 1.82) is 0 Å². The Kier molecular flexibility index (Phi) is 3.13. The molecular formula is C13H14O5. The average Bonchev–Trinajstić information content (AvgIpc) is 2.76. The van der Waals surface area contributed by atoms with Crippen molar-refractivity contribution >= 4 is 5.78 Å². The predicted molar refractivity (Wildman–Crippen MR) is 60.7 cm³/mol. The number of ketones is 1. The summed E-state index contributed by atoms with van der Waals surface area (Å²) in [6.45, 7) is 0.329. The van der Waals surface area contributed by atoms with E-state index in [4.69, 9.17) is 18.9 Å². The second-order valence-electron chi connectivity index (χ2n) is 4.28. The van der Waals surface area contributed by atoms with E-state index < -0.39 is 18.7 Å². The van der Waals surface area contributed by atoms with E-state index in [1.54, 1.807) is 0 Å². The number of ether oxygens (including phenoxy) is 4. The van der Waals surface area contributed by atoms with Gasteiger partial charge in [0.25, 0.3) is 0 Å². The van der Waals surface area contributed by atoms with Gasteiger partial charge in [-0.15, -0.1) is 0 Å². The highest BCUT2D eigenvalue weighted by Crippen LogP contribution is 2.32. The van der Waals surface area contributed by atoms with Crippen molar-refractivity contribution in [2.75, 3.05) is 13.7 Å². The van der Waals surface area contributed by atoms with Gasteiger partial charge in [-0.05, 0) is 0 Å². The van der Waals surface area contributed by atoms with Gasteiger partial charge >= 0.3 is 0 Å². The minimum atomic E-state index is -0.835. The number of rotatable bonds is 2. The summed E-state index contributed by atoms with van der Waals surface area (Å²) in [5.41, 5.74) is 0.893. The second-order valence-corrected chi connectivity index (χ2v) is 4.28. The van der Waals surface area contributed by atoms with Crippen molar-refractivity contribution in [3.8, 4) is 0 Å². The van der Waals surface area contributed by atoms with Gasteiger partial charge in [-0.1, -0.05) is 30.3 Å². The van der Waals surface area contributed by atoms with E-state index in [1.807, 2.05) is 30.3 Å². The smallest absolute Gasteiger partial charge is 0.220 e. The van der Waals surface area contributed by atoms with E-state index in [9.17, 15) is 4.79 Å². The molecule has 1 aromatic carbocycles. The minimum absolute atomic E-state index is 0.174. The molecule has 3 rings (SSSR count). The van der Waals surface area contributed by atoms with E-state index >= 15 is 0 Å². The molecule has 1 aromatic rings. The molecule has 5 heteroatoms. The third-order valence-corrected chi connectivity index (χ3v) is 3.12. The van der Waals surface area contributed by atoms with Gasteiger partial charge in [0.15, 0.2) is 12.4 Å². The fraction of sp³-hybridized carbons (Fsp3) is 0.462. The third kappa shape index (κ3) is 1.95. The summed E-state index contributed by atoms with van der Waals surface area (Å²) in [4.78, 5) is 11.9. The monoisotopic (exact) mass is 250 g/mol. The van der Waals surface area contributed by atoms with E-state index in [1.165, 1.54) is 7.11 Å². The molecule has 5 nitrogen and oxygen atoms in total. The molecule has 18 heavy (non-hydrogen) atoms. The number of methoxy groups -OCH3 is 1. The van der Waals surface area contributed by atoms with Crippen LogP contribution in [0, 0.1) is 0 Å². The summed E-state index contributed by atoms with van der Waals surface area (Å²) < 4.78 is 21.6. The van der Waals surface area contributed by atoms with E-state index in [2.05, 4.69) is 0 Å². The molecule has 2 fully saturated rings. The van der Waals surface area contributed by atoms with Crippen LogP contribution in [0.1, 0.15) is 11.9 Å².